The number of H-pyrrole nitrogens is 1. The van der Waals surface area contributed by atoms with Gasteiger partial charge in [0.25, 0.3) is 0 Å². The number of rotatable bonds is 7. The first-order valence-electron chi connectivity index (χ1n) is 9.77. The largest absolute Gasteiger partial charge is 0.396 e. The van der Waals surface area contributed by atoms with Crippen LogP contribution in [0, 0.1) is 0 Å². The van der Waals surface area contributed by atoms with E-state index in [0.717, 1.165) is 38.6 Å². The Labute approximate surface area is 176 Å². The van der Waals surface area contributed by atoms with Gasteiger partial charge in [-0.3, -0.25) is 4.40 Å². The number of halogens is 1. The Kier molecular flexibility index (Phi) is 4.81. The van der Waals surface area contributed by atoms with E-state index in [0.29, 0.717) is 24.7 Å². The zero-order valence-electron chi connectivity index (χ0n) is 15.8. The number of fused-ring (bicyclic) bond motifs is 1. The van der Waals surface area contributed by atoms with Gasteiger partial charge in [-0.15, -0.1) is 0 Å². The van der Waals surface area contributed by atoms with Crippen molar-refractivity contribution in [2.45, 2.75) is 25.2 Å². The molecule has 0 aliphatic heterocycles. The number of nitrogens with one attached hydrogen (secondary N) is 2. The van der Waals surface area contributed by atoms with E-state index >= 15 is 0 Å². The average Bonchev–Trinajstić information content (AvgIpc) is 3.31. The van der Waals surface area contributed by atoms with E-state index in [1.165, 1.54) is 12.8 Å². The molecular formula is C21H21BrN6O. The first-order valence-corrected chi connectivity index (χ1v) is 10.6. The highest BCUT2D eigenvalue weighted by Crippen LogP contribution is 2.39. The Bertz CT molecular complexity index is 1150. The van der Waals surface area contributed by atoms with Gasteiger partial charge < -0.3 is 15.4 Å². The van der Waals surface area contributed by atoms with Crippen LogP contribution >= 0.6 is 15.9 Å². The smallest absolute Gasteiger partial charge is 0.180 e. The van der Waals surface area contributed by atoms with E-state index < -0.39 is 0 Å². The predicted molar refractivity (Wildman–Crippen MR) is 116 cm³/mol. The number of nitrogens with zero attached hydrogens (tertiary/aromatic N) is 4. The van der Waals surface area contributed by atoms with Crippen molar-refractivity contribution in [3.63, 3.8) is 0 Å². The maximum absolute atomic E-state index is 9.00. The molecule has 0 spiro atoms. The van der Waals surface area contributed by atoms with Crippen LogP contribution in [0.15, 0.2) is 47.5 Å². The molecule has 0 radical (unpaired) electrons. The van der Waals surface area contributed by atoms with Crippen LogP contribution < -0.4 is 5.32 Å². The van der Waals surface area contributed by atoms with Gasteiger partial charge in [-0.05, 0) is 40.8 Å². The lowest BCUT2D eigenvalue weighted by Crippen LogP contribution is -2.07. The van der Waals surface area contributed by atoms with Gasteiger partial charge >= 0.3 is 0 Å². The standard InChI is InChI=1S/C21H21BrN6O/c22-18-12-28-17(11-25-21(28)20(27-18)23-8-1-9-29)14-4-2-13(3-5-14)16-10-24-19(26-16)15-6-7-15/h2-5,10-12,15,29H,1,6-9H2,(H,23,27)(H,24,26). The van der Waals surface area contributed by atoms with Crippen LogP contribution in [0.5, 0.6) is 0 Å². The Morgan fingerprint density at radius 2 is 1.93 bits per heavy atom. The number of aliphatic hydroxyl groups is 1. The Morgan fingerprint density at radius 1 is 1.14 bits per heavy atom. The monoisotopic (exact) mass is 452 g/mol. The summed E-state index contributed by atoms with van der Waals surface area (Å²) >= 11 is 3.48. The molecule has 1 fully saturated rings. The topological polar surface area (TPSA) is 91.1 Å². The molecule has 3 heterocycles. The van der Waals surface area contributed by atoms with Crippen LogP contribution in [0.2, 0.25) is 0 Å². The number of aromatic nitrogens is 5. The van der Waals surface area contributed by atoms with Crippen LogP contribution in [0.1, 0.15) is 31.0 Å². The lowest BCUT2D eigenvalue weighted by molar-refractivity contribution is 0.292. The summed E-state index contributed by atoms with van der Waals surface area (Å²) in [4.78, 5) is 17.0. The molecule has 0 atom stereocenters. The molecule has 1 aromatic carbocycles. The first-order chi connectivity index (χ1) is 14.2. The molecule has 0 saturated heterocycles. The van der Waals surface area contributed by atoms with E-state index in [4.69, 9.17) is 5.11 Å². The highest BCUT2D eigenvalue weighted by Gasteiger charge is 2.26. The van der Waals surface area contributed by atoms with Crippen molar-refractivity contribution in [2.75, 3.05) is 18.5 Å². The maximum Gasteiger partial charge on any atom is 0.180 e. The molecule has 1 aliphatic carbocycles. The highest BCUT2D eigenvalue weighted by atomic mass is 79.9. The molecule has 4 aromatic rings. The van der Waals surface area contributed by atoms with E-state index in [9.17, 15) is 0 Å². The fourth-order valence-electron chi connectivity index (χ4n) is 3.45. The molecule has 1 saturated carbocycles. The normalized spacial score (nSPS) is 13.9. The molecule has 0 amide bonds. The van der Waals surface area contributed by atoms with E-state index in [2.05, 4.69) is 65.4 Å². The molecule has 8 heteroatoms. The van der Waals surface area contributed by atoms with Crippen LogP contribution in [-0.2, 0) is 0 Å². The van der Waals surface area contributed by atoms with Gasteiger partial charge in [0.2, 0.25) is 0 Å². The van der Waals surface area contributed by atoms with Crippen molar-refractivity contribution in [1.29, 1.82) is 0 Å². The fourth-order valence-corrected chi connectivity index (χ4v) is 3.83. The second kappa shape index (κ2) is 7.61. The summed E-state index contributed by atoms with van der Waals surface area (Å²) < 4.78 is 2.74. The summed E-state index contributed by atoms with van der Waals surface area (Å²) in [6.07, 6.45) is 8.83. The number of anilines is 1. The van der Waals surface area contributed by atoms with Gasteiger partial charge in [0, 0.05) is 30.8 Å². The Hall–Kier alpha value is -2.71. The Balaban J connectivity index is 1.45. The number of hydrogen-bond donors (Lipinski definition) is 3. The second-order valence-corrected chi connectivity index (χ2v) is 8.10. The van der Waals surface area contributed by atoms with Gasteiger partial charge in [0.15, 0.2) is 11.5 Å². The van der Waals surface area contributed by atoms with Crippen molar-refractivity contribution in [3.8, 4) is 22.5 Å². The predicted octanol–water partition coefficient (Wildman–Crippen LogP) is 4.22. The van der Waals surface area contributed by atoms with Gasteiger partial charge in [-0.2, -0.15) is 0 Å². The van der Waals surface area contributed by atoms with Crippen LogP contribution in [0.4, 0.5) is 5.82 Å². The summed E-state index contributed by atoms with van der Waals surface area (Å²) in [5.41, 5.74) is 4.99. The summed E-state index contributed by atoms with van der Waals surface area (Å²) in [6.45, 7) is 0.779. The summed E-state index contributed by atoms with van der Waals surface area (Å²) in [6, 6.07) is 8.42. The number of benzene rings is 1. The molecule has 3 N–H and O–H groups in total. The number of aliphatic hydroxyl groups excluding tert-OH is 1. The SMILES string of the molecule is OCCCNc1nc(Br)cn2c(-c3ccc(-c4cnc(C5CC5)[nH]4)cc3)cnc12. The second-order valence-electron chi connectivity index (χ2n) is 7.29. The average molecular weight is 453 g/mol. The van der Waals surface area contributed by atoms with Crippen molar-refractivity contribution < 1.29 is 5.11 Å². The van der Waals surface area contributed by atoms with Crippen LogP contribution in [0.25, 0.3) is 28.2 Å². The Morgan fingerprint density at radius 3 is 2.69 bits per heavy atom. The van der Waals surface area contributed by atoms with Crippen LogP contribution in [-0.4, -0.2) is 42.6 Å². The zero-order chi connectivity index (χ0) is 19.8. The molecule has 7 nitrogen and oxygen atoms in total. The number of hydrogen-bond acceptors (Lipinski definition) is 5. The van der Waals surface area contributed by atoms with E-state index in [1.54, 1.807) is 0 Å². The molecule has 3 aromatic heterocycles. The maximum atomic E-state index is 9.00. The van der Waals surface area contributed by atoms with E-state index in [-0.39, 0.29) is 6.61 Å². The van der Waals surface area contributed by atoms with Gasteiger partial charge in [0.05, 0.1) is 23.8 Å². The lowest BCUT2D eigenvalue weighted by atomic mass is 10.1. The summed E-state index contributed by atoms with van der Waals surface area (Å²) in [5, 5.41) is 12.3. The van der Waals surface area contributed by atoms with Crippen molar-refractivity contribution in [3.05, 3.63) is 53.3 Å². The molecule has 29 heavy (non-hydrogen) atoms. The third-order valence-corrected chi connectivity index (χ3v) is 5.52. The third-order valence-electron chi connectivity index (χ3n) is 5.14. The highest BCUT2D eigenvalue weighted by molar-refractivity contribution is 9.10. The molecule has 0 unspecified atom stereocenters. The zero-order valence-corrected chi connectivity index (χ0v) is 17.4. The van der Waals surface area contributed by atoms with Gasteiger partial charge in [0.1, 0.15) is 10.4 Å². The molecule has 1 aliphatic rings. The van der Waals surface area contributed by atoms with Crippen molar-refractivity contribution in [2.24, 2.45) is 0 Å². The van der Waals surface area contributed by atoms with Crippen LogP contribution in [0.3, 0.4) is 0 Å². The van der Waals surface area contributed by atoms with E-state index in [1.807, 2.05) is 23.0 Å². The summed E-state index contributed by atoms with van der Waals surface area (Å²) in [5.74, 6) is 2.42. The minimum atomic E-state index is 0.141. The van der Waals surface area contributed by atoms with Crippen molar-refractivity contribution in [1.82, 2.24) is 24.3 Å². The van der Waals surface area contributed by atoms with Crippen molar-refractivity contribution >= 4 is 27.4 Å². The molecule has 5 rings (SSSR count). The molecule has 148 valence electrons. The number of aromatic amines is 1. The number of imidazole rings is 2. The van der Waals surface area contributed by atoms with Gasteiger partial charge in [-0.1, -0.05) is 24.3 Å². The fraction of sp³-hybridized carbons (Fsp3) is 0.286. The first kappa shape index (κ1) is 18.3. The quantitative estimate of drug-likeness (QED) is 0.365. The lowest BCUT2D eigenvalue weighted by Gasteiger charge is -2.09. The third kappa shape index (κ3) is 3.65. The summed E-state index contributed by atoms with van der Waals surface area (Å²) in [7, 11) is 0. The molecule has 0 bridgehead atoms. The minimum Gasteiger partial charge on any atom is -0.396 e. The molecular weight excluding hydrogens is 432 g/mol. The van der Waals surface area contributed by atoms with Gasteiger partial charge in [-0.25, -0.2) is 15.0 Å². The minimum absolute atomic E-state index is 0.141.